The van der Waals surface area contributed by atoms with Crippen molar-refractivity contribution < 1.29 is 9.53 Å². The summed E-state index contributed by atoms with van der Waals surface area (Å²) < 4.78 is 5.39. The van der Waals surface area contributed by atoms with E-state index in [1.54, 1.807) is 7.11 Å². The SMILES string of the molecule is COc1ccccc1-c1csc(NC(=O)c2ccc3c(c2)CCNCC3)n1. The number of ether oxygens (including phenoxy) is 1. The van der Waals surface area contributed by atoms with E-state index in [2.05, 4.69) is 21.7 Å². The summed E-state index contributed by atoms with van der Waals surface area (Å²) in [5.74, 6) is 0.635. The van der Waals surface area contributed by atoms with Gasteiger partial charge in [-0.1, -0.05) is 18.2 Å². The highest BCUT2D eigenvalue weighted by Crippen LogP contribution is 2.32. The highest BCUT2D eigenvalue weighted by atomic mass is 32.1. The minimum atomic E-state index is -0.129. The summed E-state index contributed by atoms with van der Waals surface area (Å²) in [6.07, 6.45) is 1.96. The van der Waals surface area contributed by atoms with Gasteiger partial charge in [-0.2, -0.15) is 0 Å². The number of benzene rings is 2. The van der Waals surface area contributed by atoms with E-state index in [0.29, 0.717) is 10.7 Å². The number of para-hydroxylation sites is 1. The van der Waals surface area contributed by atoms with Gasteiger partial charge in [0.05, 0.1) is 12.8 Å². The molecule has 0 fully saturated rings. The number of anilines is 1. The molecule has 27 heavy (non-hydrogen) atoms. The molecule has 0 atom stereocenters. The molecule has 5 nitrogen and oxygen atoms in total. The van der Waals surface area contributed by atoms with Crippen LogP contribution >= 0.6 is 11.3 Å². The maximum atomic E-state index is 12.7. The first-order valence-electron chi connectivity index (χ1n) is 8.97. The van der Waals surface area contributed by atoms with Crippen LogP contribution in [0.4, 0.5) is 5.13 Å². The second-order valence-corrected chi connectivity index (χ2v) is 7.28. The minimum absolute atomic E-state index is 0.129. The molecule has 0 bridgehead atoms. The van der Waals surface area contributed by atoms with Gasteiger partial charge < -0.3 is 10.1 Å². The lowest BCUT2D eigenvalue weighted by atomic mass is 10.00. The monoisotopic (exact) mass is 379 g/mol. The predicted molar refractivity (Wildman–Crippen MR) is 109 cm³/mol. The molecule has 2 N–H and O–H groups in total. The molecule has 0 saturated carbocycles. The van der Waals surface area contributed by atoms with Crippen molar-refractivity contribution in [3.8, 4) is 17.0 Å². The van der Waals surface area contributed by atoms with E-state index in [1.165, 1.54) is 22.5 Å². The lowest BCUT2D eigenvalue weighted by molar-refractivity contribution is 0.102. The number of hydrogen-bond acceptors (Lipinski definition) is 5. The molecular formula is C21H21N3O2S. The summed E-state index contributed by atoms with van der Waals surface area (Å²) in [6, 6.07) is 13.7. The Morgan fingerprint density at radius 1 is 1.15 bits per heavy atom. The summed E-state index contributed by atoms with van der Waals surface area (Å²) in [5, 5.41) is 8.82. The van der Waals surface area contributed by atoms with Crippen LogP contribution in [-0.2, 0) is 12.8 Å². The molecule has 0 spiro atoms. The smallest absolute Gasteiger partial charge is 0.257 e. The maximum Gasteiger partial charge on any atom is 0.257 e. The Bertz CT molecular complexity index is 968. The zero-order chi connectivity index (χ0) is 18.6. The number of rotatable bonds is 4. The number of fused-ring (bicyclic) bond motifs is 1. The molecule has 1 aromatic heterocycles. The van der Waals surface area contributed by atoms with Gasteiger partial charge in [0.1, 0.15) is 5.75 Å². The average Bonchev–Trinajstić information content (AvgIpc) is 3.03. The fourth-order valence-corrected chi connectivity index (χ4v) is 4.00. The maximum absolute atomic E-state index is 12.7. The number of aromatic nitrogens is 1. The summed E-state index contributed by atoms with van der Waals surface area (Å²) in [6.45, 7) is 1.94. The first kappa shape index (κ1) is 17.7. The van der Waals surface area contributed by atoms with Gasteiger partial charge in [0.2, 0.25) is 0 Å². The van der Waals surface area contributed by atoms with Gasteiger partial charge >= 0.3 is 0 Å². The van der Waals surface area contributed by atoms with Gasteiger partial charge in [-0.05, 0) is 61.3 Å². The number of nitrogens with zero attached hydrogens (tertiary/aromatic N) is 1. The van der Waals surface area contributed by atoms with Gasteiger partial charge in [0.25, 0.3) is 5.91 Å². The van der Waals surface area contributed by atoms with Crippen LogP contribution in [0.15, 0.2) is 47.8 Å². The second-order valence-electron chi connectivity index (χ2n) is 6.43. The molecule has 3 aromatic rings. The van der Waals surface area contributed by atoms with E-state index >= 15 is 0 Å². The van der Waals surface area contributed by atoms with Crippen LogP contribution in [0.5, 0.6) is 5.75 Å². The Balaban J connectivity index is 1.52. The lowest BCUT2D eigenvalue weighted by Crippen LogP contribution is -2.16. The van der Waals surface area contributed by atoms with Gasteiger partial charge in [-0.15, -0.1) is 11.3 Å². The fraction of sp³-hybridized carbons (Fsp3) is 0.238. The van der Waals surface area contributed by atoms with E-state index < -0.39 is 0 Å². The molecule has 2 aromatic carbocycles. The van der Waals surface area contributed by atoms with Gasteiger partial charge in [-0.25, -0.2) is 4.98 Å². The number of hydrogen-bond donors (Lipinski definition) is 2. The third-order valence-electron chi connectivity index (χ3n) is 4.72. The van der Waals surface area contributed by atoms with Crippen LogP contribution in [0.2, 0.25) is 0 Å². The topological polar surface area (TPSA) is 63.2 Å². The highest BCUT2D eigenvalue weighted by Gasteiger charge is 2.14. The molecule has 138 valence electrons. The second kappa shape index (κ2) is 7.90. The molecule has 0 radical (unpaired) electrons. The average molecular weight is 379 g/mol. The number of carbonyl (C=O) groups is 1. The molecule has 1 amide bonds. The third-order valence-corrected chi connectivity index (χ3v) is 5.48. The van der Waals surface area contributed by atoms with Crippen molar-refractivity contribution >= 4 is 22.4 Å². The first-order chi connectivity index (χ1) is 13.2. The van der Waals surface area contributed by atoms with Gasteiger partial charge in [-0.3, -0.25) is 10.1 Å². The van der Waals surface area contributed by atoms with Crippen molar-refractivity contribution in [2.75, 3.05) is 25.5 Å². The molecule has 2 heterocycles. The van der Waals surface area contributed by atoms with Gasteiger partial charge in [0, 0.05) is 16.5 Å². The minimum Gasteiger partial charge on any atom is -0.496 e. The number of amides is 1. The van der Waals surface area contributed by atoms with Crippen LogP contribution in [-0.4, -0.2) is 31.1 Å². The molecule has 1 aliphatic heterocycles. The van der Waals surface area contributed by atoms with Crippen LogP contribution in [0.25, 0.3) is 11.3 Å². The van der Waals surface area contributed by atoms with Crippen LogP contribution in [0.1, 0.15) is 21.5 Å². The van der Waals surface area contributed by atoms with Crippen LogP contribution in [0.3, 0.4) is 0 Å². The van der Waals surface area contributed by atoms with E-state index in [-0.39, 0.29) is 5.91 Å². The molecule has 0 aliphatic carbocycles. The Kier molecular flexibility index (Phi) is 5.18. The van der Waals surface area contributed by atoms with E-state index in [4.69, 9.17) is 4.74 Å². The molecule has 4 rings (SSSR count). The fourth-order valence-electron chi connectivity index (χ4n) is 3.30. The summed E-state index contributed by atoms with van der Waals surface area (Å²) in [5.41, 5.74) is 4.95. The Morgan fingerprint density at radius 3 is 2.81 bits per heavy atom. The summed E-state index contributed by atoms with van der Waals surface area (Å²) in [7, 11) is 1.64. The molecule has 0 saturated heterocycles. The quantitative estimate of drug-likeness (QED) is 0.725. The largest absolute Gasteiger partial charge is 0.496 e. The molecule has 6 heteroatoms. The molecule has 1 aliphatic rings. The predicted octanol–water partition coefficient (Wildman–Crippen LogP) is 3.76. The van der Waals surface area contributed by atoms with Crippen molar-refractivity contribution in [1.82, 2.24) is 10.3 Å². The zero-order valence-electron chi connectivity index (χ0n) is 15.1. The lowest BCUT2D eigenvalue weighted by Gasteiger charge is -2.08. The normalized spacial score (nSPS) is 13.5. The Labute approximate surface area is 162 Å². The zero-order valence-corrected chi connectivity index (χ0v) is 15.9. The molecular weight excluding hydrogens is 358 g/mol. The number of carbonyl (C=O) groups excluding carboxylic acids is 1. The van der Waals surface area contributed by atoms with Gasteiger partial charge in [0.15, 0.2) is 5.13 Å². The van der Waals surface area contributed by atoms with Crippen LogP contribution in [0, 0.1) is 0 Å². The highest BCUT2D eigenvalue weighted by molar-refractivity contribution is 7.14. The summed E-state index contributed by atoms with van der Waals surface area (Å²) >= 11 is 1.41. The Hall–Kier alpha value is -2.70. The summed E-state index contributed by atoms with van der Waals surface area (Å²) in [4.78, 5) is 17.2. The van der Waals surface area contributed by atoms with Crippen molar-refractivity contribution in [2.45, 2.75) is 12.8 Å². The first-order valence-corrected chi connectivity index (χ1v) is 9.85. The number of nitrogens with one attached hydrogen (secondary N) is 2. The Morgan fingerprint density at radius 2 is 1.96 bits per heavy atom. The van der Waals surface area contributed by atoms with Crippen LogP contribution < -0.4 is 15.4 Å². The van der Waals surface area contributed by atoms with E-state index in [9.17, 15) is 4.79 Å². The van der Waals surface area contributed by atoms with Crippen molar-refractivity contribution in [3.05, 3.63) is 64.5 Å². The molecule has 0 unspecified atom stereocenters. The van der Waals surface area contributed by atoms with E-state index in [1.807, 2.05) is 41.8 Å². The van der Waals surface area contributed by atoms with Crippen molar-refractivity contribution in [2.24, 2.45) is 0 Å². The number of methoxy groups -OCH3 is 1. The van der Waals surface area contributed by atoms with Crippen molar-refractivity contribution in [1.29, 1.82) is 0 Å². The van der Waals surface area contributed by atoms with E-state index in [0.717, 1.165) is 42.9 Å². The van der Waals surface area contributed by atoms with Crippen molar-refractivity contribution in [3.63, 3.8) is 0 Å². The standard InChI is InChI=1S/C21H21N3O2S/c1-26-19-5-3-2-4-17(19)18-13-27-21(23-18)24-20(25)16-7-6-14-8-10-22-11-9-15(14)12-16/h2-7,12-13,22H,8-11H2,1H3,(H,23,24,25). The number of thiazole rings is 1. The third kappa shape index (κ3) is 3.86.